The number of anilines is 1. The molecule has 136 valence electrons. The molecule has 1 aliphatic rings. The normalized spacial score (nSPS) is 14.8. The number of pyridine rings is 1. The predicted molar refractivity (Wildman–Crippen MR) is 103 cm³/mol. The Bertz CT molecular complexity index is 1130. The van der Waals surface area contributed by atoms with Gasteiger partial charge < -0.3 is 0 Å². The van der Waals surface area contributed by atoms with Crippen molar-refractivity contribution in [3.8, 4) is 5.82 Å². The number of benzene rings is 1. The second kappa shape index (κ2) is 5.81. The number of aryl methyl sites for hydroxylation is 4. The first kappa shape index (κ1) is 17.0. The minimum absolute atomic E-state index is 0.289. The third-order valence-corrected chi connectivity index (χ3v) is 6.54. The first-order chi connectivity index (χ1) is 12.2. The molecule has 7 heteroatoms. The smallest absolute Gasteiger partial charge is 0.236 e. The number of aromatic nitrogens is 3. The zero-order chi connectivity index (χ0) is 18.6. The summed E-state index contributed by atoms with van der Waals surface area (Å²) in [6.45, 7) is 7.99. The molecule has 1 aliphatic carbocycles. The Hall–Kier alpha value is -2.41. The van der Waals surface area contributed by atoms with Crippen LogP contribution in [-0.2, 0) is 10.0 Å². The summed E-state index contributed by atoms with van der Waals surface area (Å²) in [5.74, 6) is 1.05. The molecule has 0 amide bonds. The molecule has 0 unspecified atom stereocenters. The van der Waals surface area contributed by atoms with Crippen LogP contribution in [0.15, 0.2) is 24.3 Å². The monoisotopic (exact) mass is 370 g/mol. The SMILES string of the molecule is Cc1cc(C)c2nc(-n3nc(C)cc3NS(=O)(=O)C3CC3)cc(C)c2c1. The van der Waals surface area contributed by atoms with Gasteiger partial charge in [-0.1, -0.05) is 11.6 Å². The van der Waals surface area contributed by atoms with E-state index in [0.717, 1.165) is 27.7 Å². The topological polar surface area (TPSA) is 76.9 Å². The minimum Gasteiger partial charge on any atom is -0.267 e. The molecule has 3 aromatic rings. The van der Waals surface area contributed by atoms with Crippen LogP contribution in [-0.4, -0.2) is 28.4 Å². The van der Waals surface area contributed by atoms with Crippen molar-refractivity contribution in [2.45, 2.75) is 45.8 Å². The van der Waals surface area contributed by atoms with Crippen LogP contribution in [0.3, 0.4) is 0 Å². The number of hydrogen-bond acceptors (Lipinski definition) is 4. The summed E-state index contributed by atoms with van der Waals surface area (Å²) in [5, 5.41) is 5.28. The molecule has 2 aromatic heterocycles. The Morgan fingerprint density at radius 1 is 1.04 bits per heavy atom. The third-order valence-electron chi connectivity index (χ3n) is 4.70. The summed E-state index contributed by atoms with van der Waals surface area (Å²) in [4.78, 5) is 4.78. The van der Waals surface area contributed by atoms with Crippen LogP contribution in [0.2, 0.25) is 0 Å². The van der Waals surface area contributed by atoms with Crippen molar-refractivity contribution in [2.75, 3.05) is 4.72 Å². The van der Waals surface area contributed by atoms with E-state index in [1.165, 1.54) is 5.56 Å². The van der Waals surface area contributed by atoms with Gasteiger partial charge in [-0.25, -0.2) is 13.4 Å². The molecule has 1 saturated carbocycles. The lowest BCUT2D eigenvalue weighted by Gasteiger charge is -2.13. The minimum atomic E-state index is -3.36. The van der Waals surface area contributed by atoms with E-state index >= 15 is 0 Å². The molecule has 6 nitrogen and oxygen atoms in total. The molecule has 0 bridgehead atoms. The van der Waals surface area contributed by atoms with Crippen molar-refractivity contribution < 1.29 is 8.42 Å². The molecule has 0 radical (unpaired) electrons. The molecule has 1 aromatic carbocycles. The Morgan fingerprint density at radius 2 is 1.77 bits per heavy atom. The number of nitrogens with zero attached hydrogens (tertiary/aromatic N) is 3. The molecular weight excluding hydrogens is 348 g/mol. The average molecular weight is 370 g/mol. The quantitative estimate of drug-likeness (QED) is 0.762. The van der Waals surface area contributed by atoms with Crippen LogP contribution in [0.5, 0.6) is 0 Å². The summed E-state index contributed by atoms with van der Waals surface area (Å²) >= 11 is 0. The number of sulfonamides is 1. The Morgan fingerprint density at radius 3 is 2.46 bits per heavy atom. The van der Waals surface area contributed by atoms with Gasteiger partial charge in [-0.2, -0.15) is 9.78 Å². The number of rotatable bonds is 4. The largest absolute Gasteiger partial charge is 0.267 e. The molecule has 0 atom stereocenters. The van der Waals surface area contributed by atoms with E-state index in [0.29, 0.717) is 24.5 Å². The molecule has 0 spiro atoms. The van der Waals surface area contributed by atoms with Crippen molar-refractivity contribution in [3.63, 3.8) is 0 Å². The van der Waals surface area contributed by atoms with Gasteiger partial charge in [0.05, 0.1) is 16.5 Å². The van der Waals surface area contributed by atoms with Gasteiger partial charge in [0.25, 0.3) is 0 Å². The summed E-state index contributed by atoms with van der Waals surface area (Å²) < 4.78 is 29.0. The Labute approximate surface area is 153 Å². The number of nitrogens with one attached hydrogen (secondary N) is 1. The van der Waals surface area contributed by atoms with Crippen molar-refractivity contribution in [1.82, 2.24) is 14.8 Å². The van der Waals surface area contributed by atoms with E-state index in [4.69, 9.17) is 4.98 Å². The molecule has 26 heavy (non-hydrogen) atoms. The predicted octanol–water partition coefficient (Wildman–Crippen LogP) is 3.56. The Balaban J connectivity index is 1.86. The number of hydrogen-bond donors (Lipinski definition) is 1. The maximum Gasteiger partial charge on any atom is 0.236 e. The fourth-order valence-corrected chi connectivity index (χ4v) is 4.65. The van der Waals surface area contributed by atoms with Crippen molar-refractivity contribution >= 4 is 26.7 Å². The van der Waals surface area contributed by atoms with Crippen LogP contribution >= 0.6 is 0 Å². The van der Waals surface area contributed by atoms with Crippen LogP contribution in [0, 0.1) is 27.7 Å². The van der Waals surface area contributed by atoms with Crippen molar-refractivity contribution in [3.05, 3.63) is 46.6 Å². The van der Waals surface area contributed by atoms with E-state index in [1.807, 2.05) is 26.8 Å². The molecule has 1 fully saturated rings. The lowest BCUT2D eigenvalue weighted by Crippen LogP contribution is -2.19. The maximum atomic E-state index is 12.4. The van der Waals surface area contributed by atoms with E-state index in [2.05, 4.69) is 28.9 Å². The zero-order valence-electron chi connectivity index (χ0n) is 15.4. The fourth-order valence-electron chi connectivity index (χ4n) is 3.29. The van der Waals surface area contributed by atoms with Crippen LogP contribution < -0.4 is 4.72 Å². The standard InChI is InChI=1S/C19H22N4O2S/c1-11-7-13(3)19-16(8-11)12(2)9-17(20-19)23-18(10-14(4)21-23)22-26(24,25)15-5-6-15/h7-10,15,22H,5-6H2,1-4H3. The highest BCUT2D eigenvalue weighted by atomic mass is 32.2. The van der Waals surface area contributed by atoms with Gasteiger partial charge >= 0.3 is 0 Å². The van der Waals surface area contributed by atoms with Crippen LogP contribution in [0.25, 0.3) is 16.7 Å². The highest BCUT2D eigenvalue weighted by Gasteiger charge is 2.36. The summed E-state index contributed by atoms with van der Waals surface area (Å²) in [6.07, 6.45) is 1.43. The summed E-state index contributed by atoms with van der Waals surface area (Å²) in [7, 11) is -3.36. The highest BCUT2D eigenvalue weighted by Crippen LogP contribution is 2.31. The molecule has 4 rings (SSSR count). The molecular formula is C19H22N4O2S. The van der Waals surface area contributed by atoms with Gasteiger partial charge in [-0.3, -0.25) is 4.72 Å². The lowest BCUT2D eigenvalue weighted by molar-refractivity contribution is 0.599. The van der Waals surface area contributed by atoms with E-state index < -0.39 is 10.0 Å². The Kier molecular flexibility index (Phi) is 3.80. The first-order valence-electron chi connectivity index (χ1n) is 8.72. The van der Waals surface area contributed by atoms with Gasteiger partial charge in [0.1, 0.15) is 5.82 Å². The summed E-state index contributed by atoms with van der Waals surface area (Å²) in [5.41, 5.74) is 5.02. The summed E-state index contributed by atoms with van der Waals surface area (Å²) in [6, 6.07) is 7.91. The second-order valence-electron chi connectivity index (χ2n) is 7.20. The van der Waals surface area contributed by atoms with E-state index in [1.54, 1.807) is 10.7 Å². The van der Waals surface area contributed by atoms with E-state index in [-0.39, 0.29) is 5.25 Å². The first-order valence-corrected chi connectivity index (χ1v) is 10.3. The van der Waals surface area contributed by atoms with E-state index in [9.17, 15) is 8.42 Å². The average Bonchev–Trinajstić information content (AvgIpc) is 3.33. The number of fused-ring (bicyclic) bond motifs is 1. The second-order valence-corrected chi connectivity index (χ2v) is 9.17. The van der Waals surface area contributed by atoms with Gasteiger partial charge in [0.15, 0.2) is 5.82 Å². The van der Waals surface area contributed by atoms with Crippen LogP contribution in [0.4, 0.5) is 5.82 Å². The lowest BCUT2D eigenvalue weighted by atomic mass is 10.0. The van der Waals surface area contributed by atoms with Crippen molar-refractivity contribution in [1.29, 1.82) is 0 Å². The van der Waals surface area contributed by atoms with Gasteiger partial charge in [-0.05, 0) is 63.8 Å². The molecule has 2 heterocycles. The highest BCUT2D eigenvalue weighted by molar-refractivity contribution is 7.93. The molecule has 0 saturated heterocycles. The van der Waals surface area contributed by atoms with Gasteiger partial charge in [0, 0.05) is 11.5 Å². The van der Waals surface area contributed by atoms with Gasteiger partial charge in [-0.15, -0.1) is 0 Å². The third kappa shape index (κ3) is 2.96. The maximum absolute atomic E-state index is 12.4. The molecule has 0 aliphatic heterocycles. The van der Waals surface area contributed by atoms with Gasteiger partial charge in [0.2, 0.25) is 10.0 Å². The van der Waals surface area contributed by atoms with Crippen molar-refractivity contribution in [2.24, 2.45) is 0 Å². The van der Waals surface area contributed by atoms with Crippen LogP contribution in [0.1, 0.15) is 35.2 Å². The fraction of sp³-hybridized carbons (Fsp3) is 0.368. The molecule has 1 N–H and O–H groups in total. The zero-order valence-corrected chi connectivity index (χ0v) is 16.2.